The van der Waals surface area contributed by atoms with E-state index in [0.29, 0.717) is 17.6 Å². The first-order valence-corrected chi connectivity index (χ1v) is 8.70. The van der Waals surface area contributed by atoms with Gasteiger partial charge in [-0.15, -0.1) is 0 Å². The van der Waals surface area contributed by atoms with E-state index in [9.17, 15) is 8.42 Å². The third-order valence-corrected chi connectivity index (χ3v) is 5.87. The molecule has 108 valence electrons. The average Bonchev–Trinajstić information content (AvgIpc) is 2.35. The van der Waals surface area contributed by atoms with Gasteiger partial charge in [0.25, 0.3) is 0 Å². The van der Waals surface area contributed by atoms with Crippen LogP contribution >= 0.6 is 0 Å². The normalized spacial score (nSPS) is 19.6. The van der Waals surface area contributed by atoms with Crippen LogP contribution < -0.4 is 5.32 Å². The first kappa shape index (κ1) is 15.9. The molecule has 1 saturated heterocycles. The number of hydrogen-bond acceptors (Lipinski definition) is 3. The van der Waals surface area contributed by atoms with Crippen molar-refractivity contribution in [2.24, 2.45) is 11.8 Å². The van der Waals surface area contributed by atoms with E-state index in [1.165, 1.54) is 0 Å². The Balaban J connectivity index is 2.36. The second kappa shape index (κ2) is 7.46. The van der Waals surface area contributed by atoms with E-state index in [2.05, 4.69) is 19.2 Å². The van der Waals surface area contributed by atoms with E-state index in [4.69, 9.17) is 0 Å². The summed E-state index contributed by atoms with van der Waals surface area (Å²) < 4.78 is 26.0. The third kappa shape index (κ3) is 4.86. The molecule has 0 unspecified atom stereocenters. The molecule has 1 aliphatic heterocycles. The van der Waals surface area contributed by atoms with E-state index in [1.807, 2.05) is 7.05 Å². The van der Waals surface area contributed by atoms with Crippen molar-refractivity contribution < 1.29 is 8.42 Å². The predicted octanol–water partition coefficient (Wildman–Crippen LogP) is 1.68. The molecular weight excluding hydrogens is 248 g/mol. The lowest BCUT2D eigenvalue weighted by molar-refractivity contribution is 0.226. The van der Waals surface area contributed by atoms with E-state index in [1.54, 1.807) is 4.31 Å². The minimum atomic E-state index is -3.01. The van der Waals surface area contributed by atoms with E-state index in [-0.39, 0.29) is 0 Å². The topological polar surface area (TPSA) is 49.4 Å². The predicted molar refractivity (Wildman–Crippen MR) is 76.1 cm³/mol. The van der Waals surface area contributed by atoms with Crippen LogP contribution in [0.15, 0.2) is 0 Å². The number of hydrogen-bond donors (Lipinski definition) is 1. The fourth-order valence-corrected chi connectivity index (χ4v) is 4.13. The summed E-state index contributed by atoms with van der Waals surface area (Å²) >= 11 is 0. The van der Waals surface area contributed by atoms with E-state index < -0.39 is 10.0 Å². The highest BCUT2D eigenvalue weighted by Crippen LogP contribution is 2.26. The van der Waals surface area contributed by atoms with Crippen LogP contribution in [0.1, 0.15) is 39.5 Å². The Morgan fingerprint density at radius 1 is 1.22 bits per heavy atom. The summed E-state index contributed by atoms with van der Waals surface area (Å²) in [6, 6.07) is 0. The maximum Gasteiger partial charge on any atom is 0.214 e. The summed E-state index contributed by atoms with van der Waals surface area (Å²) in [5.41, 5.74) is 0. The monoisotopic (exact) mass is 276 g/mol. The van der Waals surface area contributed by atoms with Crippen LogP contribution in [0.3, 0.4) is 0 Å². The molecule has 0 aromatic heterocycles. The number of nitrogens with zero attached hydrogens (tertiary/aromatic N) is 1. The Hall–Kier alpha value is -0.130. The van der Waals surface area contributed by atoms with Crippen molar-refractivity contribution in [1.29, 1.82) is 0 Å². The average molecular weight is 276 g/mol. The first-order chi connectivity index (χ1) is 8.47. The van der Waals surface area contributed by atoms with Gasteiger partial charge in [0, 0.05) is 13.1 Å². The van der Waals surface area contributed by atoms with Gasteiger partial charge in [0.1, 0.15) is 0 Å². The van der Waals surface area contributed by atoms with Crippen molar-refractivity contribution in [2.75, 3.05) is 32.4 Å². The van der Waals surface area contributed by atoms with Crippen LogP contribution in [0.5, 0.6) is 0 Å². The molecule has 0 atom stereocenters. The van der Waals surface area contributed by atoms with E-state index >= 15 is 0 Å². The lowest BCUT2D eigenvalue weighted by atomic mass is 9.87. The molecule has 0 saturated carbocycles. The first-order valence-electron chi connectivity index (χ1n) is 7.10. The smallest absolute Gasteiger partial charge is 0.214 e. The molecule has 18 heavy (non-hydrogen) atoms. The van der Waals surface area contributed by atoms with Crippen LogP contribution in [0.4, 0.5) is 0 Å². The van der Waals surface area contributed by atoms with Gasteiger partial charge in [0.15, 0.2) is 0 Å². The van der Waals surface area contributed by atoms with Crippen LogP contribution in [-0.4, -0.2) is 45.2 Å². The van der Waals surface area contributed by atoms with Gasteiger partial charge in [0.2, 0.25) is 10.0 Å². The summed E-state index contributed by atoms with van der Waals surface area (Å²) in [6.07, 6.45) is 3.73. The quantitative estimate of drug-likeness (QED) is 0.720. The second-order valence-electron chi connectivity index (χ2n) is 5.61. The summed E-state index contributed by atoms with van der Waals surface area (Å²) in [7, 11) is -1.11. The van der Waals surface area contributed by atoms with Crippen molar-refractivity contribution in [2.45, 2.75) is 39.5 Å². The number of piperidine rings is 1. The summed E-state index contributed by atoms with van der Waals surface area (Å²) in [4.78, 5) is 0. The molecule has 0 aromatic carbocycles. The number of sulfonamides is 1. The summed E-state index contributed by atoms with van der Waals surface area (Å²) in [6.45, 7) is 6.79. The standard InChI is InChI=1S/C13H28N2O2S/c1-12(2)13-6-9-15(10-7-13)18(16,17)11-5-4-8-14-3/h12-14H,4-11H2,1-3H3. The molecule has 0 aromatic rings. The zero-order valence-electron chi connectivity index (χ0n) is 12.0. The number of unbranched alkanes of at least 4 members (excludes halogenated alkanes) is 1. The van der Waals surface area contributed by atoms with Gasteiger partial charge < -0.3 is 5.32 Å². The van der Waals surface area contributed by atoms with E-state index in [0.717, 1.165) is 45.3 Å². The Morgan fingerprint density at radius 2 is 1.83 bits per heavy atom. The van der Waals surface area contributed by atoms with Gasteiger partial charge in [-0.25, -0.2) is 12.7 Å². The fraction of sp³-hybridized carbons (Fsp3) is 1.00. The molecule has 1 fully saturated rings. The Labute approximate surface area is 112 Å². The largest absolute Gasteiger partial charge is 0.320 e. The maximum absolute atomic E-state index is 12.1. The number of nitrogens with one attached hydrogen (secondary N) is 1. The molecule has 0 bridgehead atoms. The minimum absolute atomic E-state index is 0.307. The van der Waals surface area contributed by atoms with Crippen molar-refractivity contribution in [3.05, 3.63) is 0 Å². The molecular formula is C13H28N2O2S. The van der Waals surface area contributed by atoms with Crippen molar-refractivity contribution >= 4 is 10.0 Å². The third-order valence-electron chi connectivity index (χ3n) is 3.91. The molecule has 0 spiro atoms. The molecule has 0 amide bonds. The highest BCUT2D eigenvalue weighted by molar-refractivity contribution is 7.89. The molecule has 1 aliphatic rings. The number of rotatable bonds is 7. The zero-order chi connectivity index (χ0) is 13.6. The van der Waals surface area contributed by atoms with Crippen molar-refractivity contribution in [3.63, 3.8) is 0 Å². The zero-order valence-corrected chi connectivity index (χ0v) is 12.8. The SMILES string of the molecule is CNCCCCS(=O)(=O)N1CCC(C(C)C)CC1. The van der Waals surface area contributed by atoms with Crippen LogP contribution in [0.25, 0.3) is 0 Å². The van der Waals surface area contributed by atoms with Gasteiger partial charge in [-0.2, -0.15) is 0 Å². The lowest BCUT2D eigenvalue weighted by Crippen LogP contribution is -2.40. The van der Waals surface area contributed by atoms with Gasteiger partial charge in [-0.1, -0.05) is 13.8 Å². The van der Waals surface area contributed by atoms with Gasteiger partial charge in [-0.3, -0.25) is 0 Å². The van der Waals surface area contributed by atoms with Crippen molar-refractivity contribution in [1.82, 2.24) is 9.62 Å². The molecule has 4 nitrogen and oxygen atoms in total. The molecule has 1 N–H and O–H groups in total. The van der Waals surface area contributed by atoms with Gasteiger partial charge in [0.05, 0.1) is 5.75 Å². The Morgan fingerprint density at radius 3 is 2.33 bits per heavy atom. The highest BCUT2D eigenvalue weighted by Gasteiger charge is 2.28. The van der Waals surface area contributed by atoms with Crippen molar-refractivity contribution in [3.8, 4) is 0 Å². The summed E-state index contributed by atoms with van der Waals surface area (Å²) in [5.74, 6) is 1.67. The van der Waals surface area contributed by atoms with Crippen LogP contribution in [-0.2, 0) is 10.0 Å². The summed E-state index contributed by atoms with van der Waals surface area (Å²) in [5, 5.41) is 3.04. The van der Waals surface area contributed by atoms with Gasteiger partial charge >= 0.3 is 0 Å². The fourth-order valence-electron chi connectivity index (χ4n) is 2.54. The molecule has 0 radical (unpaired) electrons. The lowest BCUT2D eigenvalue weighted by Gasteiger charge is -2.33. The van der Waals surface area contributed by atoms with Crippen LogP contribution in [0, 0.1) is 11.8 Å². The van der Waals surface area contributed by atoms with Crippen LogP contribution in [0.2, 0.25) is 0 Å². The molecule has 0 aliphatic carbocycles. The Bertz CT molecular complexity index is 320. The minimum Gasteiger partial charge on any atom is -0.320 e. The second-order valence-corrected chi connectivity index (χ2v) is 7.70. The Kier molecular flexibility index (Phi) is 6.60. The molecule has 1 heterocycles. The highest BCUT2D eigenvalue weighted by atomic mass is 32.2. The molecule has 1 rings (SSSR count). The van der Waals surface area contributed by atoms with Gasteiger partial charge in [-0.05, 0) is 51.1 Å². The maximum atomic E-state index is 12.1. The molecule has 5 heteroatoms.